The Morgan fingerprint density at radius 3 is 1.62 bits per heavy atom. The Morgan fingerprint density at radius 2 is 1.06 bits per heavy atom. The zero-order valence-electron chi connectivity index (χ0n) is 21.9. The summed E-state index contributed by atoms with van der Waals surface area (Å²) in [5, 5.41) is 10.2. The van der Waals surface area contributed by atoms with Gasteiger partial charge in [0, 0.05) is 0 Å². The lowest BCUT2D eigenvalue weighted by atomic mass is 9.58. The molecule has 0 aromatic carbocycles. The van der Waals surface area contributed by atoms with E-state index in [-0.39, 0.29) is 5.41 Å². The molecule has 1 heteroatoms. The second-order valence-electron chi connectivity index (χ2n) is 12.3. The first-order chi connectivity index (χ1) is 15.7. The van der Waals surface area contributed by atoms with Gasteiger partial charge in [-0.2, -0.15) is 5.26 Å². The Bertz CT molecular complexity index is 521. The van der Waals surface area contributed by atoms with Crippen LogP contribution in [0.2, 0.25) is 0 Å². The van der Waals surface area contributed by atoms with Gasteiger partial charge >= 0.3 is 0 Å². The summed E-state index contributed by atoms with van der Waals surface area (Å²) in [6, 6.07) is 2.92. The van der Waals surface area contributed by atoms with Crippen molar-refractivity contribution < 1.29 is 0 Å². The quantitative estimate of drug-likeness (QED) is 0.276. The highest BCUT2D eigenvalue weighted by atomic mass is 14.5. The molecule has 0 atom stereocenters. The van der Waals surface area contributed by atoms with Gasteiger partial charge in [-0.3, -0.25) is 0 Å². The largest absolute Gasteiger partial charge is 0.198 e. The highest BCUT2D eigenvalue weighted by Crippen LogP contribution is 2.52. The fourth-order valence-corrected chi connectivity index (χ4v) is 7.90. The Kier molecular flexibility index (Phi) is 11.4. The van der Waals surface area contributed by atoms with E-state index in [9.17, 15) is 5.26 Å². The summed E-state index contributed by atoms with van der Waals surface area (Å²) >= 11 is 0. The molecule has 0 aliphatic heterocycles. The first-order valence-corrected chi connectivity index (χ1v) is 15.1. The van der Waals surface area contributed by atoms with Crippen LogP contribution in [0.3, 0.4) is 0 Å². The van der Waals surface area contributed by atoms with Crippen molar-refractivity contribution >= 4 is 0 Å². The van der Waals surface area contributed by atoms with E-state index in [0.717, 1.165) is 23.7 Å². The molecule has 0 aromatic rings. The maximum absolute atomic E-state index is 10.2. The third-order valence-electron chi connectivity index (χ3n) is 10.3. The van der Waals surface area contributed by atoms with E-state index in [4.69, 9.17) is 0 Å². The molecule has 0 heterocycles. The van der Waals surface area contributed by atoms with E-state index in [2.05, 4.69) is 19.9 Å². The van der Waals surface area contributed by atoms with Crippen LogP contribution in [-0.4, -0.2) is 0 Å². The SMILES string of the molecule is CCCCCCCC1CCC(C#N)(C2CCC(C3CCC(CCCCC)CC3)CC2)CC1. The van der Waals surface area contributed by atoms with E-state index in [1.165, 1.54) is 141 Å². The molecule has 0 aromatic heterocycles. The molecule has 32 heavy (non-hydrogen) atoms. The second-order valence-corrected chi connectivity index (χ2v) is 12.3. The molecule has 0 radical (unpaired) electrons. The first-order valence-electron chi connectivity index (χ1n) is 15.1. The van der Waals surface area contributed by atoms with E-state index in [1.807, 2.05) is 0 Å². The average molecular weight is 442 g/mol. The van der Waals surface area contributed by atoms with Gasteiger partial charge in [0.1, 0.15) is 0 Å². The summed E-state index contributed by atoms with van der Waals surface area (Å²) in [6.45, 7) is 4.63. The summed E-state index contributed by atoms with van der Waals surface area (Å²) in [5.74, 6) is 4.66. The monoisotopic (exact) mass is 441 g/mol. The molecule has 0 unspecified atom stereocenters. The number of rotatable bonds is 12. The van der Waals surface area contributed by atoms with Crippen molar-refractivity contribution in [2.75, 3.05) is 0 Å². The maximum atomic E-state index is 10.2. The molecule has 0 N–H and O–H groups in total. The minimum absolute atomic E-state index is 0.0423. The van der Waals surface area contributed by atoms with Gasteiger partial charge in [-0.05, 0) is 93.8 Å². The molecule has 0 amide bonds. The van der Waals surface area contributed by atoms with Gasteiger partial charge in [-0.25, -0.2) is 0 Å². The lowest BCUT2D eigenvalue weighted by Gasteiger charge is -2.45. The van der Waals surface area contributed by atoms with Crippen LogP contribution in [0.5, 0.6) is 0 Å². The van der Waals surface area contributed by atoms with E-state index < -0.39 is 0 Å². The highest BCUT2D eigenvalue weighted by molar-refractivity contribution is 5.06. The van der Waals surface area contributed by atoms with Crippen LogP contribution in [0.4, 0.5) is 0 Å². The first kappa shape index (κ1) is 26.1. The number of hydrogen-bond acceptors (Lipinski definition) is 1. The zero-order chi connectivity index (χ0) is 22.7. The van der Waals surface area contributed by atoms with Gasteiger partial charge in [0.05, 0.1) is 11.5 Å². The number of nitrogens with zero attached hydrogens (tertiary/aromatic N) is 1. The van der Waals surface area contributed by atoms with Crippen molar-refractivity contribution in [1.82, 2.24) is 0 Å². The topological polar surface area (TPSA) is 23.8 Å². The normalized spacial score (nSPS) is 36.0. The molecule has 184 valence electrons. The predicted molar refractivity (Wildman–Crippen MR) is 138 cm³/mol. The van der Waals surface area contributed by atoms with Crippen LogP contribution >= 0.6 is 0 Å². The Hall–Kier alpha value is -0.510. The Labute approximate surface area is 201 Å². The summed E-state index contributed by atoms with van der Waals surface area (Å²) in [4.78, 5) is 0. The van der Waals surface area contributed by atoms with Gasteiger partial charge < -0.3 is 0 Å². The molecule has 1 nitrogen and oxygen atoms in total. The standard InChI is InChI=1S/C31H55N/c1-3-5-7-8-10-12-27-21-23-31(25-32,24-22-27)30-19-17-29(18-20-30)28-15-13-26(14-16-28)11-9-6-4-2/h26-30H,3-24H2,1-2H3. The van der Waals surface area contributed by atoms with Crippen molar-refractivity contribution in [3.05, 3.63) is 0 Å². The highest BCUT2D eigenvalue weighted by Gasteiger charge is 2.44. The zero-order valence-corrected chi connectivity index (χ0v) is 21.9. The molecular weight excluding hydrogens is 386 g/mol. The lowest BCUT2D eigenvalue weighted by Crippen LogP contribution is -2.37. The molecule has 3 saturated carbocycles. The van der Waals surface area contributed by atoms with Gasteiger partial charge in [-0.15, -0.1) is 0 Å². The van der Waals surface area contributed by atoms with E-state index in [1.54, 1.807) is 0 Å². The summed E-state index contributed by atoms with van der Waals surface area (Å²) in [7, 11) is 0. The molecular formula is C31H55N. The smallest absolute Gasteiger partial charge is 0.0692 e. The molecule has 3 rings (SSSR count). The van der Waals surface area contributed by atoms with Crippen molar-refractivity contribution in [1.29, 1.82) is 5.26 Å². The fourth-order valence-electron chi connectivity index (χ4n) is 7.90. The van der Waals surface area contributed by atoms with Crippen LogP contribution in [0.25, 0.3) is 0 Å². The van der Waals surface area contributed by atoms with E-state index >= 15 is 0 Å². The van der Waals surface area contributed by atoms with Gasteiger partial charge in [0.25, 0.3) is 0 Å². The van der Waals surface area contributed by atoms with Crippen LogP contribution in [0.1, 0.15) is 155 Å². The molecule has 3 aliphatic rings. The number of unbranched alkanes of at least 4 members (excludes halogenated alkanes) is 6. The fraction of sp³-hybridized carbons (Fsp3) is 0.968. The Balaban J connectivity index is 1.36. The molecule has 3 aliphatic carbocycles. The predicted octanol–water partition coefficient (Wildman–Crippen LogP) is 10.2. The van der Waals surface area contributed by atoms with Crippen molar-refractivity contribution in [2.24, 2.45) is 35.0 Å². The van der Waals surface area contributed by atoms with Gasteiger partial charge in [-0.1, -0.05) is 90.9 Å². The van der Waals surface area contributed by atoms with Gasteiger partial charge in [0.2, 0.25) is 0 Å². The summed E-state index contributed by atoms with van der Waals surface area (Å²) in [5.41, 5.74) is 0.0423. The van der Waals surface area contributed by atoms with Crippen LogP contribution in [-0.2, 0) is 0 Å². The third kappa shape index (κ3) is 7.50. The van der Waals surface area contributed by atoms with Crippen LogP contribution < -0.4 is 0 Å². The van der Waals surface area contributed by atoms with E-state index in [0.29, 0.717) is 5.92 Å². The lowest BCUT2D eigenvalue weighted by molar-refractivity contribution is 0.0646. The molecule has 3 fully saturated rings. The molecule has 0 saturated heterocycles. The van der Waals surface area contributed by atoms with Crippen molar-refractivity contribution in [3.63, 3.8) is 0 Å². The summed E-state index contributed by atoms with van der Waals surface area (Å²) < 4.78 is 0. The number of nitriles is 1. The minimum atomic E-state index is 0.0423. The van der Waals surface area contributed by atoms with Crippen molar-refractivity contribution in [2.45, 2.75) is 155 Å². The maximum Gasteiger partial charge on any atom is 0.0692 e. The molecule has 0 bridgehead atoms. The van der Waals surface area contributed by atoms with Crippen LogP contribution in [0.15, 0.2) is 0 Å². The second kappa shape index (κ2) is 14.0. The Morgan fingerprint density at radius 1 is 0.594 bits per heavy atom. The number of hydrogen-bond donors (Lipinski definition) is 0. The average Bonchev–Trinajstić information content (AvgIpc) is 2.85. The van der Waals surface area contributed by atoms with Crippen LogP contribution in [0, 0.1) is 46.3 Å². The van der Waals surface area contributed by atoms with Crippen molar-refractivity contribution in [3.8, 4) is 6.07 Å². The minimum Gasteiger partial charge on any atom is -0.198 e. The summed E-state index contributed by atoms with van der Waals surface area (Å²) in [6.07, 6.45) is 30.9. The van der Waals surface area contributed by atoms with Gasteiger partial charge in [0.15, 0.2) is 0 Å². The third-order valence-corrected chi connectivity index (χ3v) is 10.3. The molecule has 0 spiro atoms.